The van der Waals surface area contributed by atoms with Crippen LogP contribution in [0.25, 0.3) is 0 Å². The van der Waals surface area contributed by atoms with Crippen molar-refractivity contribution < 1.29 is 14.4 Å². The minimum Gasteiger partial charge on any atom is -0.370 e. The number of aliphatic imine (C=N–C) groups is 1. The number of amides is 4. The largest absolute Gasteiger partial charge is 0.370 e. The minimum atomic E-state index is -0.785. The molecule has 10 heteroatoms. The molecule has 210 valence electrons. The first-order valence-electron chi connectivity index (χ1n) is 13.1. The molecular formula is C30H37N7O3. The molecule has 0 aromatic heterocycles. The summed E-state index contributed by atoms with van der Waals surface area (Å²) in [4.78, 5) is 42.3. The molecule has 0 aliphatic rings. The number of benzene rings is 3. The van der Waals surface area contributed by atoms with Crippen molar-refractivity contribution in [3.05, 3.63) is 107 Å². The summed E-state index contributed by atoms with van der Waals surface area (Å²) in [5.74, 6) is -1.17. The molecule has 0 saturated heterocycles. The normalized spacial score (nSPS) is 11.2. The molecule has 0 bridgehead atoms. The maximum absolute atomic E-state index is 13.6. The summed E-state index contributed by atoms with van der Waals surface area (Å²) in [6, 6.07) is 25.4. The molecule has 0 unspecified atom stereocenters. The molecule has 0 heterocycles. The second kappa shape index (κ2) is 15.5. The molecule has 3 aromatic rings. The smallest absolute Gasteiger partial charge is 0.314 e. The summed E-state index contributed by atoms with van der Waals surface area (Å²) < 4.78 is 0. The van der Waals surface area contributed by atoms with Gasteiger partial charge in [0.05, 0.1) is 5.92 Å². The lowest BCUT2D eigenvalue weighted by Gasteiger charge is -2.23. The molecule has 3 rings (SSSR count). The van der Waals surface area contributed by atoms with Crippen LogP contribution in [0.15, 0.2) is 89.9 Å². The molecule has 0 saturated carbocycles. The number of hydrogen-bond acceptors (Lipinski definition) is 4. The molecule has 1 atom stereocenters. The zero-order chi connectivity index (χ0) is 28.7. The molecule has 3 aromatic carbocycles. The molecule has 0 spiro atoms. The Morgan fingerprint density at radius 3 is 1.77 bits per heavy atom. The van der Waals surface area contributed by atoms with E-state index in [9.17, 15) is 14.4 Å². The second-order valence-electron chi connectivity index (χ2n) is 9.23. The Bertz CT molecular complexity index is 1220. The van der Waals surface area contributed by atoms with Crippen LogP contribution in [0.4, 0.5) is 4.79 Å². The number of nitrogens with one attached hydrogen (secondary N) is 4. The number of carbonyl (C=O) groups excluding carboxylic acids is 3. The summed E-state index contributed by atoms with van der Waals surface area (Å²) in [6.07, 6.45) is 0.861. The Labute approximate surface area is 234 Å². The highest BCUT2D eigenvalue weighted by molar-refractivity contribution is 5.92. The van der Waals surface area contributed by atoms with Crippen molar-refractivity contribution >= 4 is 23.8 Å². The molecule has 0 aliphatic heterocycles. The van der Waals surface area contributed by atoms with Crippen LogP contribution in [0.3, 0.4) is 0 Å². The number of nitrogens with zero attached hydrogens (tertiary/aromatic N) is 1. The van der Waals surface area contributed by atoms with Gasteiger partial charge >= 0.3 is 6.03 Å². The average Bonchev–Trinajstić information content (AvgIpc) is 2.97. The van der Waals surface area contributed by atoms with E-state index in [-0.39, 0.29) is 30.3 Å². The summed E-state index contributed by atoms with van der Waals surface area (Å²) in [7, 11) is 1.56. The van der Waals surface area contributed by atoms with Crippen LogP contribution in [0, 0.1) is 0 Å². The topological polar surface area (TPSA) is 164 Å². The van der Waals surface area contributed by atoms with E-state index in [0.29, 0.717) is 25.9 Å². The van der Waals surface area contributed by atoms with Gasteiger partial charge in [0.25, 0.3) is 0 Å². The zero-order valence-electron chi connectivity index (χ0n) is 22.6. The van der Waals surface area contributed by atoms with Gasteiger partial charge in [-0.15, -0.1) is 0 Å². The second-order valence-corrected chi connectivity index (χ2v) is 9.23. The Kier molecular flexibility index (Phi) is 11.5. The van der Waals surface area contributed by atoms with E-state index in [1.807, 2.05) is 84.9 Å². The van der Waals surface area contributed by atoms with Crippen LogP contribution in [-0.4, -0.2) is 43.4 Å². The van der Waals surface area contributed by atoms with Crippen LogP contribution in [0.2, 0.25) is 0 Å². The van der Waals surface area contributed by atoms with Crippen LogP contribution in [-0.2, 0) is 22.7 Å². The van der Waals surface area contributed by atoms with E-state index in [1.54, 1.807) is 7.05 Å². The van der Waals surface area contributed by atoms with Crippen molar-refractivity contribution in [1.29, 1.82) is 0 Å². The third-order valence-corrected chi connectivity index (χ3v) is 6.28. The summed E-state index contributed by atoms with van der Waals surface area (Å²) >= 11 is 0. The number of nitrogens with two attached hydrogens (primary N) is 2. The Hall–Kier alpha value is -4.86. The van der Waals surface area contributed by atoms with Crippen LogP contribution >= 0.6 is 0 Å². The van der Waals surface area contributed by atoms with Gasteiger partial charge in [0.15, 0.2) is 5.96 Å². The quantitative estimate of drug-likeness (QED) is 0.110. The minimum absolute atomic E-state index is 0.0211. The van der Waals surface area contributed by atoms with Gasteiger partial charge in [-0.25, -0.2) is 4.79 Å². The predicted octanol–water partition coefficient (Wildman–Crippen LogP) is 2.10. The van der Waals surface area contributed by atoms with E-state index in [0.717, 1.165) is 22.3 Å². The average molecular weight is 544 g/mol. The van der Waals surface area contributed by atoms with Gasteiger partial charge in [-0.3, -0.25) is 14.6 Å². The first-order chi connectivity index (χ1) is 19.4. The highest BCUT2D eigenvalue weighted by Crippen LogP contribution is 2.25. The molecular weight excluding hydrogens is 506 g/mol. The van der Waals surface area contributed by atoms with Crippen molar-refractivity contribution in [2.75, 3.05) is 13.6 Å². The molecule has 0 fully saturated rings. The van der Waals surface area contributed by atoms with Gasteiger partial charge in [-0.05, 0) is 35.1 Å². The third kappa shape index (κ3) is 9.46. The first-order valence-corrected chi connectivity index (χ1v) is 13.1. The third-order valence-electron chi connectivity index (χ3n) is 6.28. The lowest BCUT2D eigenvalue weighted by atomic mass is 9.90. The fourth-order valence-electron chi connectivity index (χ4n) is 4.17. The molecule has 0 radical (unpaired) electrons. The first kappa shape index (κ1) is 29.7. The van der Waals surface area contributed by atoms with Crippen molar-refractivity contribution in [3.8, 4) is 0 Å². The van der Waals surface area contributed by atoms with E-state index in [1.165, 1.54) is 0 Å². The van der Waals surface area contributed by atoms with Crippen LogP contribution in [0.1, 0.15) is 41.0 Å². The van der Waals surface area contributed by atoms with E-state index in [4.69, 9.17) is 11.5 Å². The molecule has 10 nitrogen and oxygen atoms in total. The molecule has 0 aliphatic carbocycles. The fourth-order valence-corrected chi connectivity index (χ4v) is 4.17. The number of rotatable bonds is 13. The molecule has 4 amide bonds. The van der Waals surface area contributed by atoms with Crippen molar-refractivity contribution in [3.63, 3.8) is 0 Å². The van der Waals surface area contributed by atoms with E-state index in [2.05, 4.69) is 26.3 Å². The van der Waals surface area contributed by atoms with Gasteiger partial charge in [0.1, 0.15) is 6.04 Å². The predicted molar refractivity (Wildman–Crippen MR) is 156 cm³/mol. The Morgan fingerprint density at radius 1 is 0.750 bits per heavy atom. The monoisotopic (exact) mass is 543 g/mol. The fraction of sp³-hybridized carbons (Fsp3) is 0.267. The van der Waals surface area contributed by atoms with Gasteiger partial charge in [-0.2, -0.15) is 0 Å². The number of guanidine groups is 1. The SMILES string of the molecule is CNC(=O)NCc1ccc(CNC(=O)[C@@H](CCCN=C(N)N)NC(=O)C(c2ccccc2)c2ccccc2)cc1. The molecule has 8 N–H and O–H groups in total. The Balaban J connectivity index is 1.70. The Morgan fingerprint density at radius 2 is 1.27 bits per heavy atom. The highest BCUT2D eigenvalue weighted by Gasteiger charge is 2.27. The number of carbonyl (C=O) groups is 3. The maximum Gasteiger partial charge on any atom is 0.314 e. The highest BCUT2D eigenvalue weighted by atomic mass is 16.2. The van der Waals surface area contributed by atoms with E-state index < -0.39 is 12.0 Å². The van der Waals surface area contributed by atoms with Gasteiger partial charge in [-0.1, -0.05) is 84.9 Å². The summed E-state index contributed by atoms with van der Waals surface area (Å²) in [6.45, 7) is 1.01. The van der Waals surface area contributed by atoms with Gasteiger partial charge in [0, 0.05) is 26.7 Å². The van der Waals surface area contributed by atoms with Gasteiger partial charge < -0.3 is 32.7 Å². The van der Waals surface area contributed by atoms with Crippen molar-refractivity contribution in [1.82, 2.24) is 21.3 Å². The van der Waals surface area contributed by atoms with Gasteiger partial charge in [0.2, 0.25) is 11.8 Å². The maximum atomic E-state index is 13.6. The summed E-state index contributed by atoms with van der Waals surface area (Å²) in [5.41, 5.74) is 14.3. The van der Waals surface area contributed by atoms with Crippen LogP contribution in [0.5, 0.6) is 0 Å². The zero-order valence-corrected chi connectivity index (χ0v) is 22.6. The lowest BCUT2D eigenvalue weighted by molar-refractivity contribution is -0.129. The standard InChI is InChI=1S/C30H37N7O3/c1-33-30(40)36-20-22-16-14-21(15-17-22)19-35-27(38)25(13-8-18-34-29(31)32)37-28(39)26(23-9-4-2-5-10-23)24-11-6-3-7-12-24/h2-7,9-12,14-17,25-26H,8,13,18-20H2,1H3,(H,35,38)(H,37,39)(H4,31,32,34)(H2,33,36,40)/t25-/m1/s1. The lowest BCUT2D eigenvalue weighted by Crippen LogP contribution is -2.48. The van der Waals surface area contributed by atoms with Crippen molar-refractivity contribution in [2.45, 2.75) is 37.9 Å². The molecule has 40 heavy (non-hydrogen) atoms. The number of urea groups is 1. The summed E-state index contributed by atoms with van der Waals surface area (Å²) in [5, 5.41) is 11.1. The van der Waals surface area contributed by atoms with E-state index >= 15 is 0 Å². The number of hydrogen-bond donors (Lipinski definition) is 6. The van der Waals surface area contributed by atoms with Crippen molar-refractivity contribution in [2.24, 2.45) is 16.5 Å². The van der Waals surface area contributed by atoms with Crippen LogP contribution < -0.4 is 32.7 Å².